The van der Waals surface area contributed by atoms with E-state index in [1.54, 1.807) is 0 Å². The zero-order chi connectivity index (χ0) is 8.10. The molecule has 2 heteroatoms. The zero-order valence-electron chi connectivity index (χ0n) is 7.31. The summed E-state index contributed by atoms with van der Waals surface area (Å²) in [5.74, 6) is 0. The Hall–Kier alpha value is -0.110. The van der Waals surface area contributed by atoms with Gasteiger partial charge in [0.1, 0.15) is 0 Å². The molecule has 0 saturated carbocycles. The van der Waals surface area contributed by atoms with Crippen LogP contribution in [0.1, 0.15) is 39.0 Å². The fraction of sp³-hybridized carbons (Fsp3) is 0.889. The average Bonchev–Trinajstić information content (AvgIpc) is 2.07. The molecule has 0 unspecified atom stereocenters. The molecule has 0 aromatic carbocycles. The third-order valence-electron chi connectivity index (χ3n) is 2.17. The van der Waals surface area contributed by atoms with Gasteiger partial charge in [-0.15, -0.1) is 0 Å². The molecule has 0 aromatic heterocycles. The van der Waals surface area contributed by atoms with Gasteiger partial charge in [-0.05, 0) is 32.1 Å². The molecule has 1 fully saturated rings. The first-order valence-electron chi connectivity index (χ1n) is 4.62. The Balaban J connectivity index is 2.27. The summed E-state index contributed by atoms with van der Waals surface area (Å²) in [7, 11) is 0. The molecule has 11 heavy (non-hydrogen) atoms. The maximum Gasteiger partial charge on any atom is 0.0779 e. The zero-order valence-corrected chi connectivity index (χ0v) is 8.12. The van der Waals surface area contributed by atoms with E-state index in [0.29, 0.717) is 0 Å². The highest BCUT2D eigenvalue weighted by molar-refractivity contribution is 7.80. The normalized spacial score (nSPS) is 18.5. The molecule has 0 spiro atoms. The van der Waals surface area contributed by atoms with Crippen LogP contribution in [0, 0.1) is 0 Å². The summed E-state index contributed by atoms with van der Waals surface area (Å²) in [5.41, 5.74) is 0. The highest BCUT2D eigenvalue weighted by atomic mass is 32.1. The van der Waals surface area contributed by atoms with Crippen LogP contribution in [0.25, 0.3) is 0 Å². The molecule has 1 saturated heterocycles. The summed E-state index contributed by atoms with van der Waals surface area (Å²) in [4.78, 5) is 3.56. The van der Waals surface area contributed by atoms with Gasteiger partial charge < -0.3 is 4.90 Å². The fourth-order valence-corrected chi connectivity index (χ4v) is 1.90. The number of hydrogen-bond donors (Lipinski definition) is 0. The molecule has 0 amide bonds. The van der Waals surface area contributed by atoms with Gasteiger partial charge in [-0.1, -0.05) is 19.1 Å². The van der Waals surface area contributed by atoms with Crippen molar-refractivity contribution in [2.75, 3.05) is 13.1 Å². The quantitative estimate of drug-likeness (QED) is 0.588. The van der Waals surface area contributed by atoms with Gasteiger partial charge in [-0.25, -0.2) is 0 Å². The number of nitrogens with zero attached hydrogens (tertiary/aromatic N) is 1. The number of rotatable bonds is 2. The third kappa shape index (κ3) is 2.78. The van der Waals surface area contributed by atoms with E-state index in [1.807, 2.05) is 0 Å². The Morgan fingerprint density at radius 3 is 2.45 bits per heavy atom. The maximum atomic E-state index is 5.30. The van der Waals surface area contributed by atoms with Gasteiger partial charge in [0.15, 0.2) is 0 Å². The van der Waals surface area contributed by atoms with Crippen LogP contribution in [-0.4, -0.2) is 23.0 Å². The topological polar surface area (TPSA) is 3.24 Å². The summed E-state index contributed by atoms with van der Waals surface area (Å²) < 4.78 is 0. The predicted molar refractivity (Wildman–Crippen MR) is 52.9 cm³/mol. The molecular weight excluding hydrogens is 154 g/mol. The average molecular weight is 171 g/mol. The van der Waals surface area contributed by atoms with E-state index in [4.69, 9.17) is 12.2 Å². The molecule has 0 radical (unpaired) electrons. The molecule has 1 rings (SSSR count). The van der Waals surface area contributed by atoms with Crippen LogP contribution in [0.4, 0.5) is 0 Å². The maximum absolute atomic E-state index is 5.30. The van der Waals surface area contributed by atoms with Crippen molar-refractivity contribution in [3.8, 4) is 0 Å². The molecule has 0 N–H and O–H groups in total. The predicted octanol–water partition coefficient (Wildman–Crippen LogP) is 2.60. The Morgan fingerprint density at radius 1 is 1.27 bits per heavy atom. The SMILES string of the molecule is CCCC(=S)N1CCCCC1. The molecule has 0 bridgehead atoms. The van der Waals surface area contributed by atoms with Crippen LogP contribution in [0.15, 0.2) is 0 Å². The minimum atomic E-state index is 1.11. The van der Waals surface area contributed by atoms with Crippen LogP contribution < -0.4 is 0 Å². The van der Waals surface area contributed by atoms with Gasteiger partial charge in [0.2, 0.25) is 0 Å². The van der Waals surface area contributed by atoms with Crippen LogP contribution in [0.3, 0.4) is 0 Å². The van der Waals surface area contributed by atoms with Crippen molar-refractivity contribution < 1.29 is 0 Å². The Kier molecular flexibility index (Phi) is 3.84. The van der Waals surface area contributed by atoms with Crippen LogP contribution in [0.2, 0.25) is 0 Å². The van der Waals surface area contributed by atoms with E-state index in [9.17, 15) is 0 Å². The monoisotopic (exact) mass is 171 g/mol. The molecule has 1 nitrogen and oxygen atoms in total. The van der Waals surface area contributed by atoms with Gasteiger partial charge >= 0.3 is 0 Å². The first-order chi connectivity index (χ1) is 5.34. The fourth-order valence-electron chi connectivity index (χ4n) is 1.52. The number of piperidine rings is 1. The second-order valence-electron chi connectivity index (χ2n) is 3.19. The van der Waals surface area contributed by atoms with Gasteiger partial charge in [-0.3, -0.25) is 0 Å². The van der Waals surface area contributed by atoms with Crippen molar-refractivity contribution in [1.82, 2.24) is 4.90 Å². The van der Waals surface area contributed by atoms with Gasteiger partial charge in [-0.2, -0.15) is 0 Å². The lowest BCUT2D eigenvalue weighted by molar-refractivity contribution is 0.341. The molecule has 1 aliphatic heterocycles. The second kappa shape index (κ2) is 4.70. The Morgan fingerprint density at radius 2 is 1.91 bits per heavy atom. The van der Waals surface area contributed by atoms with Crippen LogP contribution in [0.5, 0.6) is 0 Å². The summed E-state index contributed by atoms with van der Waals surface area (Å²) in [6.45, 7) is 4.61. The Bertz CT molecular complexity index is 128. The van der Waals surface area contributed by atoms with Gasteiger partial charge in [0.25, 0.3) is 0 Å². The Labute approximate surface area is 74.8 Å². The lowest BCUT2D eigenvalue weighted by Gasteiger charge is -2.28. The third-order valence-corrected chi connectivity index (χ3v) is 2.63. The molecule has 1 heterocycles. The minimum absolute atomic E-state index is 1.11. The van der Waals surface area contributed by atoms with Crippen molar-refractivity contribution in [3.63, 3.8) is 0 Å². The van der Waals surface area contributed by atoms with E-state index in [0.717, 1.165) is 6.42 Å². The summed E-state index contributed by atoms with van der Waals surface area (Å²) >= 11 is 5.30. The molecule has 0 aromatic rings. The summed E-state index contributed by atoms with van der Waals surface area (Å²) in [5, 5.41) is 0. The van der Waals surface area contributed by atoms with E-state index in [2.05, 4.69) is 11.8 Å². The standard InChI is InChI=1S/C9H17NS/c1-2-6-9(11)10-7-4-3-5-8-10/h2-8H2,1H3. The lowest BCUT2D eigenvalue weighted by Crippen LogP contribution is -2.34. The first-order valence-corrected chi connectivity index (χ1v) is 5.03. The smallest absolute Gasteiger partial charge is 0.0779 e. The van der Waals surface area contributed by atoms with Crippen molar-refractivity contribution >= 4 is 17.2 Å². The number of likely N-dealkylation sites (tertiary alicyclic amines) is 1. The van der Waals surface area contributed by atoms with Gasteiger partial charge in [0.05, 0.1) is 4.99 Å². The van der Waals surface area contributed by atoms with Crippen LogP contribution in [-0.2, 0) is 0 Å². The highest BCUT2D eigenvalue weighted by Gasteiger charge is 2.11. The van der Waals surface area contributed by atoms with Crippen molar-refractivity contribution in [2.24, 2.45) is 0 Å². The first kappa shape index (κ1) is 8.98. The summed E-state index contributed by atoms with van der Waals surface area (Å²) in [6.07, 6.45) is 6.36. The molecule has 0 aliphatic carbocycles. The number of thiocarbonyl (C=S) groups is 1. The highest BCUT2D eigenvalue weighted by Crippen LogP contribution is 2.11. The molecule has 0 atom stereocenters. The van der Waals surface area contributed by atoms with Crippen molar-refractivity contribution in [2.45, 2.75) is 39.0 Å². The van der Waals surface area contributed by atoms with E-state index in [-0.39, 0.29) is 0 Å². The second-order valence-corrected chi connectivity index (χ2v) is 3.66. The lowest BCUT2D eigenvalue weighted by atomic mass is 10.1. The van der Waals surface area contributed by atoms with E-state index >= 15 is 0 Å². The molecular formula is C9H17NS. The summed E-state index contributed by atoms with van der Waals surface area (Å²) in [6, 6.07) is 0. The largest absolute Gasteiger partial charge is 0.366 e. The van der Waals surface area contributed by atoms with Crippen molar-refractivity contribution in [1.29, 1.82) is 0 Å². The van der Waals surface area contributed by atoms with Gasteiger partial charge in [0, 0.05) is 13.1 Å². The number of hydrogen-bond acceptors (Lipinski definition) is 1. The van der Waals surface area contributed by atoms with E-state index < -0.39 is 0 Å². The molecule has 1 aliphatic rings. The van der Waals surface area contributed by atoms with Crippen LogP contribution >= 0.6 is 12.2 Å². The van der Waals surface area contributed by atoms with Crippen molar-refractivity contribution in [3.05, 3.63) is 0 Å². The minimum Gasteiger partial charge on any atom is -0.366 e. The van der Waals surface area contributed by atoms with E-state index in [1.165, 1.54) is 43.8 Å². The molecule has 64 valence electrons.